The van der Waals surface area contributed by atoms with Crippen molar-refractivity contribution in [3.63, 3.8) is 0 Å². The molecule has 2 N–H and O–H groups in total. The quantitative estimate of drug-likeness (QED) is 0.898. The fourth-order valence-corrected chi connectivity index (χ4v) is 2.35. The van der Waals surface area contributed by atoms with Crippen LogP contribution in [0.15, 0.2) is 6.20 Å². The molecular formula is C13H19F3N4O. The summed E-state index contributed by atoms with van der Waals surface area (Å²) in [5.74, 6) is -0.553. The Morgan fingerprint density at radius 3 is 2.57 bits per heavy atom. The summed E-state index contributed by atoms with van der Waals surface area (Å²) in [5, 5.41) is 8.68. The molecule has 0 spiro atoms. The van der Waals surface area contributed by atoms with Crippen LogP contribution in [0.4, 0.5) is 23.7 Å². The number of hydrogen-bond acceptors (Lipinski definition) is 2. The lowest BCUT2D eigenvalue weighted by Crippen LogP contribution is -2.59. The maximum Gasteiger partial charge on any atom is 0.411 e. The highest BCUT2D eigenvalue weighted by molar-refractivity contribution is 5.90. The summed E-state index contributed by atoms with van der Waals surface area (Å²) in [4.78, 5) is 11.9. The van der Waals surface area contributed by atoms with Crippen molar-refractivity contribution in [2.75, 3.05) is 5.32 Å². The zero-order valence-corrected chi connectivity index (χ0v) is 12.2. The van der Waals surface area contributed by atoms with E-state index in [0.717, 1.165) is 6.92 Å². The van der Waals surface area contributed by atoms with Gasteiger partial charge in [-0.3, -0.25) is 4.68 Å². The second-order valence-corrected chi connectivity index (χ2v) is 5.57. The van der Waals surface area contributed by atoms with Crippen LogP contribution in [-0.2, 0) is 13.5 Å². The highest BCUT2D eigenvalue weighted by Gasteiger charge is 2.60. The van der Waals surface area contributed by atoms with E-state index >= 15 is 0 Å². The second kappa shape index (κ2) is 5.23. The standard InChI is InChI=1S/C13H19F3N4O/c1-4-9-10(7-20(3)19-9)17-11(21)18-12(2,8-5-6-8)13(14,15)16/h7-8H,4-6H2,1-3H3,(H2,17,18,21). The van der Waals surface area contributed by atoms with Gasteiger partial charge in [-0.2, -0.15) is 18.3 Å². The number of anilines is 1. The molecule has 0 aromatic carbocycles. The molecular weight excluding hydrogens is 285 g/mol. The van der Waals surface area contributed by atoms with Gasteiger partial charge in [0.2, 0.25) is 0 Å². The fourth-order valence-electron chi connectivity index (χ4n) is 2.35. The average molecular weight is 304 g/mol. The third-order valence-electron chi connectivity index (χ3n) is 3.84. The Morgan fingerprint density at radius 2 is 2.10 bits per heavy atom. The molecule has 0 saturated heterocycles. The summed E-state index contributed by atoms with van der Waals surface area (Å²) >= 11 is 0. The van der Waals surface area contributed by atoms with Gasteiger partial charge >= 0.3 is 12.2 Å². The SMILES string of the molecule is CCc1nn(C)cc1NC(=O)NC(C)(C1CC1)C(F)(F)F. The van der Waals surface area contributed by atoms with Crippen LogP contribution >= 0.6 is 0 Å². The van der Waals surface area contributed by atoms with Gasteiger partial charge < -0.3 is 10.6 Å². The highest BCUT2D eigenvalue weighted by Crippen LogP contribution is 2.48. The van der Waals surface area contributed by atoms with Gasteiger partial charge in [0.05, 0.1) is 11.4 Å². The van der Waals surface area contributed by atoms with Gasteiger partial charge in [-0.15, -0.1) is 0 Å². The molecule has 0 aliphatic heterocycles. The van der Waals surface area contributed by atoms with Crippen molar-refractivity contribution in [1.82, 2.24) is 15.1 Å². The number of rotatable bonds is 4. The molecule has 118 valence electrons. The van der Waals surface area contributed by atoms with Gasteiger partial charge in [0.15, 0.2) is 0 Å². The van der Waals surface area contributed by atoms with Crippen LogP contribution in [-0.4, -0.2) is 27.5 Å². The van der Waals surface area contributed by atoms with Crippen LogP contribution in [0.2, 0.25) is 0 Å². The van der Waals surface area contributed by atoms with Crippen LogP contribution in [0.3, 0.4) is 0 Å². The number of carbonyl (C=O) groups is 1. The van der Waals surface area contributed by atoms with E-state index in [1.807, 2.05) is 6.92 Å². The zero-order valence-electron chi connectivity index (χ0n) is 12.2. The van der Waals surface area contributed by atoms with Gasteiger partial charge in [-0.05, 0) is 32.1 Å². The van der Waals surface area contributed by atoms with E-state index in [9.17, 15) is 18.0 Å². The first kappa shape index (κ1) is 15.7. The van der Waals surface area contributed by atoms with Crippen LogP contribution < -0.4 is 10.6 Å². The third kappa shape index (κ3) is 3.14. The molecule has 1 aliphatic carbocycles. The van der Waals surface area contributed by atoms with Crippen LogP contribution in [0.25, 0.3) is 0 Å². The maximum absolute atomic E-state index is 13.2. The number of amides is 2. The Kier molecular flexibility index (Phi) is 3.90. The first-order valence-electron chi connectivity index (χ1n) is 6.85. The van der Waals surface area contributed by atoms with Crippen LogP contribution in [0, 0.1) is 5.92 Å². The minimum Gasteiger partial charge on any atom is -0.323 e. The minimum absolute atomic E-state index is 0.429. The molecule has 0 bridgehead atoms. The Labute approximate surface area is 120 Å². The molecule has 1 fully saturated rings. The smallest absolute Gasteiger partial charge is 0.323 e. The third-order valence-corrected chi connectivity index (χ3v) is 3.84. The average Bonchev–Trinajstić information content (AvgIpc) is 3.13. The van der Waals surface area contributed by atoms with Crippen molar-refractivity contribution >= 4 is 11.7 Å². The van der Waals surface area contributed by atoms with Gasteiger partial charge in [0, 0.05) is 13.2 Å². The normalized spacial score (nSPS) is 18.2. The molecule has 0 radical (unpaired) electrons. The number of hydrogen-bond donors (Lipinski definition) is 2. The summed E-state index contributed by atoms with van der Waals surface area (Å²) < 4.78 is 41.1. The molecule has 2 rings (SSSR count). The van der Waals surface area contributed by atoms with Crippen LogP contribution in [0.5, 0.6) is 0 Å². The number of carbonyl (C=O) groups excluding carboxylic acids is 1. The molecule has 1 heterocycles. The number of urea groups is 1. The van der Waals surface area contributed by atoms with Crippen molar-refractivity contribution in [2.24, 2.45) is 13.0 Å². The number of halogens is 3. The number of nitrogens with zero attached hydrogens (tertiary/aromatic N) is 2. The predicted octanol–water partition coefficient (Wildman–Crippen LogP) is 2.84. The lowest BCUT2D eigenvalue weighted by molar-refractivity contribution is -0.193. The molecule has 1 saturated carbocycles. The molecule has 1 aromatic heterocycles. The second-order valence-electron chi connectivity index (χ2n) is 5.57. The molecule has 21 heavy (non-hydrogen) atoms. The van der Waals surface area contributed by atoms with Crippen LogP contribution in [0.1, 0.15) is 32.4 Å². The monoisotopic (exact) mass is 304 g/mol. The number of aromatic nitrogens is 2. The van der Waals surface area contributed by atoms with Gasteiger partial charge in [-0.1, -0.05) is 6.92 Å². The first-order chi connectivity index (χ1) is 9.67. The van der Waals surface area contributed by atoms with E-state index in [-0.39, 0.29) is 0 Å². The summed E-state index contributed by atoms with van der Waals surface area (Å²) in [5.41, 5.74) is -1.13. The summed E-state index contributed by atoms with van der Waals surface area (Å²) in [6, 6.07) is -0.857. The van der Waals surface area contributed by atoms with Gasteiger partial charge in [-0.25, -0.2) is 4.79 Å². The van der Waals surface area contributed by atoms with Crippen molar-refractivity contribution in [3.8, 4) is 0 Å². The molecule has 1 unspecified atom stereocenters. The maximum atomic E-state index is 13.2. The number of alkyl halides is 3. The molecule has 1 aliphatic rings. The number of nitrogens with one attached hydrogen (secondary N) is 2. The van der Waals surface area contributed by atoms with Crippen molar-refractivity contribution in [3.05, 3.63) is 11.9 Å². The summed E-state index contributed by atoms with van der Waals surface area (Å²) in [6.07, 6.45) is -1.38. The van der Waals surface area contributed by atoms with Crippen molar-refractivity contribution in [1.29, 1.82) is 0 Å². The topological polar surface area (TPSA) is 59.0 Å². The highest BCUT2D eigenvalue weighted by atomic mass is 19.4. The Morgan fingerprint density at radius 1 is 1.48 bits per heavy atom. The lowest BCUT2D eigenvalue weighted by Gasteiger charge is -2.33. The van der Waals surface area contributed by atoms with E-state index in [1.54, 1.807) is 13.2 Å². The molecule has 1 atom stereocenters. The zero-order chi connectivity index (χ0) is 15.8. The van der Waals surface area contributed by atoms with E-state index < -0.39 is 23.7 Å². The van der Waals surface area contributed by atoms with E-state index in [4.69, 9.17) is 0 Å². The van der Waals surface area contributed by atoms with E-state index in [1.165, 1.54) is 4.68 Å². The summed E-state index contributed by atoms with van der Waals surface area (Å²) in [7, 11) is 1.69. The summed E-state index contributed by atoms with van der Waals surface area (Å²) in [6.45, 7) is 2.89. The van der Waals surface area contributed by atoms with Gasteiger partial charge in [0.1, 0.15) is 5.54 Å². The Hall–Kier alpha value is -1.73. The largest absolute Gasteiger partial charge is 0.411 e. The molecule has 8 heteroatoms. The van der Waals surface area contributed by atoms with Crippen molar-refractivity contribution < 1.29 is 18.0 Å². The molecule has 5 nitrogen and oxygen atoms in total. The molecule has 1 aromatic rings. The number of aryl methyl sites for hydroxylation is 2. The van der Waals surface area contributed by atoms with E-state index in [2.05, 4.69) is 15.7 Å². The first-order valence-corrected chi connectivity index (χ1v) is 6.85. The Bertz CT molecular complexity index is 536. The lowest BCUT2D eigenvalue weighted by atomic mass is 9.95. The Balaban J connectivity index is 2.10. The fraction of sp³-hybridized carbons (Fsp3) is 0.692. The molecule has 2 amide bonds. The van der Waals surface area contributed by atoms with Gasteiger partial charge in [0.25, 0.3) is 0 Å². The minimum atomic E-state index is -4.48. The predicted molar refractivity (Wildman–Crippen MR) is 71.9 cm³/mol. The van der Waals surface area contributed by atoms with E-state index in [0.29, 0.717) is 30.6 Å². The van der Waals surface area contributed by atoms with Crippen molar-refractivity contribution in [2.45, 2.75) is 44.8 Å².